The molecule has 0 fully saturated rings. The Balaban J connectivity index is 1.89. The molecule has 9 heteroatoms. The van der Waals surface area contributed by atoms with E-state index in [2.05, 4.69) is 15.0 Å². The van der Waals surface area contributed by atoms with Crippen molar-refractivity contribution in [3.63, 3.8) is 0 Å². The van der Waals surface area contributed by atoms with Crippen LogP contribution >= 0.6 is 0 Å². The molecule has 166 valence electrons. The quantitative estimate of drug-likeness (QED) is 0.591. The number of nitrogens with one attached hydrogen (secondary N) is 2. The minimum absolute atomic E-state index is 0.0197. The van der Waals surface area contributed by atoms with Crippen LogP contribution in [0.15, 0.2) is 71.8 Å². The molecule has 0 aliphatic heterocycles. The molecular formula is C23H22N3O5S-. The number of anilines is 1. The number of rotatable bonds is 6. The second-order valence-electron chi connectivity index (χ2n) is 8.07. The fraction of sp³-hybridized carbons (Fsp3) is 0.174. The summed E-state index contributed by atoms with van der Waals surface area (Å²) in [5.41, 5.74) is 0.352. The van der Waals surface area contributed by atoms with Crippen LogP contribution in [0.25, 0.3) is 11.1 Å². The lowest BCUT2D eigenvalue weighted by Crippen LogP contribution is -2.40. The standard InChI is InChI=1S/C23H23N3O5S/c1-23(2,3)26-32(30,31)19-9-5-4-7-17(19)15-10-12-16(13-11-15)21(27)25-18-8-6-14-24-20(18)22(28)29/h4-14,26H,1-3H3,(H,25,27)(H,28,29)/p-1. The number of carbonyl (C=O) groups is 2. The highest BCUT2D eigenvalue weighted by Gasteiger charge is 2.24. The van der Waals surface area contributed by atoms with Gasteiger partial charge in [0.05, 0.1) is 16.6 Å². The monoisotopic (exact) mass is 452 g/mol. The molecular weight excluding hydrogens is 430 g/mol. The third-order valence-electron chi connectivity index (χ3n) is 4.32. The van der Waals surface area contributed by atoms with Crippen molar-refractivity contribution in [2.45, 2.75) is 31.2 Å². The van der Waals surface area contributed by atoms with Gasteiger partial charge >= 0.3 is 0 Å². The fourth-order valence-electron chi connectivity index (χ4n) is 3.06. The van der Waals surface area contributed by atoms with E-state index in [0.717, 1.165) is 0 Å². The number of hydrogen-bond acceptors (Lipinski definition) is 6. The van der Waals surface area contributed by atoms with Crippen molar-refractivity contribution in [2.24, 2.45) is 0 Å². The molecule has 2 N–H and O–H groups in total. The summed E-state index contributed by atoms with van der Waals surface area (Å²) in [4.78, 5) is 27.5. The lowest BCUT2D eigenvalue weighted by atomic mass is 10.0. The molecule has 3 aromatic rings. The van der Waals surface area contributed by atoms with Crippen LogP contribution in [0.4, 0.5) is 5.69 Å². The Morgan fingerprint density at radius 1 is 0.938 bits per heavy atom. The molecule has 0 aliphatic rings. The van der Waals surface area contributed by atoms with Gasteiger partial charge in [-0.1, -0.05) is 30.3 Å². The predicted molar refractivity (Wildman–Crippen MR) is 118 cm³/mol. The molecule has 0 spiro atoms. The molecule has 3 rings (SSSR count). The lowest BCUT2D eigenvalue weighted by Gasteiger charge is -2.21. The van der Waals surface area contributed by atoms with Crippen molar-refractivity contribution in [3.05, 3.63) is 78.1 Å². The number of carbonyl (C=O) groups excluding carboxylic acids is 2. The molecule has 32 heavy (non-hydrogen) atoms. The van der Waals surface area contributed by atoms with E-state index < -0.39 is 27.4 Å². The highest BCUT2D eigenvalue weighted by atomic mass is 32.2. The Bertz CT molecular complexity index is 1260. The normalized spacial score (nSPS) is 11.7. The van der Waals surface area contributed by atoms with Gasteiger partial charge in [-0.05, 0) is 56.7 Å². The van der Waals surface area contributed by atoms with Crippen LogP contribution in [0, 0.1) is 0 Å². The van der Waals surface area contributed by atoms with Gasteiger partial charge in [0.15, 0.2) is 0 Å². The molecule has 0 unspecified atom stereocenters. The fourth-order valence-corrected chi connectivity index (χ4v) is 4.71. The number of benzene rings is 2. The average molecular weight is 453 g/mol. The van der Waals surface area contributed by atoms with Crippen LogP contribution in [0.5, 0.6) is 0 Å². The van der Waals surface area contributed by atoms with Gasteiger partial charge < -0.3 is 15.2 Å². The van der Waals surface area contributed by atoms with Gasteiger partial charge in [0.1, 0.15) is 5.69 Å². The van der Waals surface area contributed by atoms with Crippen molar-refractivity contribution < 1.29 is 23.1 Å². The Morgan fingerprint density at radius 2 is 1.59 bits per heavy atom. The zero-order valence-corrected chi connectivity index (χ0v) is 18.6. The van der Waals surface area contributed by atoms with E-state index in [0.29, 0.717) is 11.1 Å². The molecule has 1 aromatic heterocycles. The highest BCUT2D eigenvalue weighted by Crippen LogP contribution is 2.28. The largest absolute Gasteiger partial charge is 0.543 e. The molecule has 0 bridgehead atoms. The summed E-state index contributed by atoms with van der Waals surface area (Å²) in [5.74, 6) is -2.04. The van der Waals surface area contributed by atoms with E-state index in [4.69, 9.17) is 0 Å². The zero-order valence-electron chi connectivity index (χ0n) is 17.7. The van der Waals surface area contributed by atoms with Crippen LogP contribution in [-0.2, 0) is 10.0 Å². The van der Waals surface area contributed by atoms with Crippen LogP contribution in [0.3, 0.4) is 0 Å². The molecule has 1 amide bonds. The molecule has 2 aromatic carbocycles. The van der Waals surface area contributed by atoms with E-state index in [-0.39, 0.29) is 21.8 Å². The molecule has 0 radical (unpaired) electrons. The van der Waals surface area contributed by atoms with Crippen molar-refractivity contribution >= 4 is 27.6 Å². The second kappa shape index (κ2) is 8.89. The smallest absolute Gasteiger partial charge is 0.255 e. The summed E-state index contributed by atoms with van der Waals surface area (Å²) in [6.07, 6.45) is 1.29. The van der Waals surface area contributed by atoms with E-state index in [1.54, 1.807) is 51.1 Å². The van der Waals surface area contributed by atoms with Crippen LogP contribution in [0.2, 0.25) is 0 Å². The highest BCUT2D eigenvalue weighted by molar-refractivity contribution is 7.89. The minimum Gasteiger partial charge on any atom is -0.543 e. The Hall–Kier alpha value is -3.56. The first kappa shape index (κ1) is 23.1. The number of nitrogens with zero attached hydrogens (tertiary/aromatic N) is 1. The van der Waals surface area contributed by atoms with Crippen molar-refractivity contribution in [1.82, 2.24) is 9.71 Å². The predicted octanol–water partition coefficient (Wildman–Crippen LogP) is 2.44. The van der Waals surface area contributed by atoms with Gasteiger partial charge in [0.2, 0.25) is 10.0 Å². The number of carboxylic acids is 1. The topological polar surface area (TPSA) is 128 Å². The van der Waals surface area contributed by atoms with Crippen molar-refractivity contribution in [1.29, 1.82) is 0 Å². The number of hydrogen-bond donors (Lipinski definition) is 2. The molecule has 0 atom stereocenters. The maximum absolute atomic E-state index is 12.9. The molecule has 8 nitrogen and oxygen atoms in total. The molecule has 0 aliphatic carbocycles. The van der Waals surface area contributed by atoms with Gasteiger partial charge in [-0.15, -0.1) is 0 Å². The summed E-state index contributed by atoms with van der Waals surface area (Å²) < 4.78 is 28.4. The third kappa shape index (κ3) is 5.37. The average Bonchev–Trinajstić information content (AvgIpc) is 2.72. The van der Waals surface area contributed by atoms with Crippen LogP contribution in [0.1, 0.15) is 41.6 Å². The van der Waals surface area contributed by atoms with E-state index in [9.17, 15) is 23.1 Å². The first-order valence-electron chi connectivity index (χ1n) is 9.69. The maximum Gasteiger partial charge on any atom is 0.255 e. The summed E-state index contributed by atoms with van der Waals surface area (Å²) >= 11 is 0. The van der Waals surface area contributed by atoms with Crippen molar-refractivity contribution in [2.75, 3.05) is 5.32 Å². The van der Waals surface area contributed by atoms with Gasteiger partial charge in [0, 0.05) is 22.9 Å². The Morgan fingerprint density at radius 3 is 2.22 bits per heavy atom. The van der Waals surface area contributed by atoms with Gasteiger partial charge in [0.25, 0.3) is 5.91 Å². The van der Waals surface area contributed by atoms with E-state index >= 15 is 0 Å². The summed E-state index contributed by atoms with van der Waals surface area (Å²) in [5, 5.41) is 13.7. The molecule has 0 saturated heterocycles. The maximum atomic E-state index is 12.9. The number of pyridine rings is 1. The van der Waals surface area contributed by atoms with Gasteiger partial charge in [-0.25, -0.2) is 13.1 Å². The third-order valence-corrected chi connectivity index (χ3v) is 6.14. The summed E-state index contributed by atoms with van der Waals surface area (Å²) in [7, 11) is -3.77. The summed E-state index contributed by atoms with van der Waals surface area (Å²) in [6, 6.07) is 15.8. The number of amides is 1. The molecule has 0 saturated carbocycles. The Kier molecular flexibility index (Phi) is 6.42. The number of aromatic nitrogens is 1. The van der Waals surface area contributed by atoms with Crippen molar-refractivity contribution in [3.8, 4) is 11.1 Å². The van der Waals surface area contributed by atoms with Crippen LogP contribution < -0.4 is 15.1 Å². The van der Waals surface area contributed by atoms with Gasteiger partial charge in [-0.3, -0.25) is 9.78 Å². The van der Waals surface area contributed by atoms with E-state index in [1.165, 1.54) is 36.5 Å². The first-order chi connectivity index (χ1) is 15.0. The minimum atomic E-state index is -3.77. The SMILES string of the molecule is CC(C)(C)NS(=O)(=O)c1ccccc1-c1ccc(C(=O)Nc2cccnc2C(=O)[O-])cc1. The Labute approximate surface area is 186 Å². The van der Waals surface area contributed by atoms with Gasteiger partial charge in [-0.2, -0.15) is 0 Å². The van der Waals surface area contributed by atoms with Crippen LogP contribution in [-0.4, -0.2) is 30.8 Å². The van der Waals surface area contributed by atoms with E-state index in [1.807, 2.05) is 0 Å². The summed E-state index contributed by atoms with van der Waals surface area (Å²) in [6.45, 7) is 5.28. The number of aromatic carboxylic acids is 1. The zero-order chi connectivity index (χ0) is 23.5. The molecule has 1 heterocycles. The lowest BCUT2D eigenvalue weighted by molar-refractivity contribution is -0.255. The number of carboxylic acid groups (broad SMARTS) is 1. The first-order valence-corrected chi connectivity index (χ1v) is 11.2. The second-order valence-corrected chi connectivity index (χ2v) is 9.72. The number of sulfonamides is 1.